The molecule has 0 spiro atoms. The highest BCUT2D eigenvalue weighted by Gasteiger charge is 2.47. The average molecular weight is 269 g/mol. The Labute approximate surface area is 110 Å². The number of likely N-dealkylation sites (tertiary alicyclic amines) is 1. The lowest BCUT2D eigenvalue weighted by molar-refractivity contribution is -0.00886. The van der Waals surface area contributed by atoms with Crippen LogP contribution in [0, 0.1) is 0 Å². The molecule has 3 saturated heterocycles. The Kier molecular flexibility index (Phi) is 4.90. The maximum atomic E-state index is 6.07. The highest BCUT2D eigenvalue weighted by atomic mass is 35.5. The van der Waals surface area contributed by atoms with Gasteiger partial charge in [-0.05, 0) is 38.6 Å². The fourth-order valence-corrected chi connectivity index (χ4v) is 3.32. The highest BCUT2D eigenvalue weighted by Crippen LogP contribution is 2.44. The Balaban J connectivity index is 0.000000640. The average Bonchev–Trinajstić information content (AvgIpc) is 2.82. The molecule has 16 heavy (non-hydrogen) atoms. The van der Waals surface area contributed by atoms with E-state index in [0.29, 0.717) is 12.1 Å². The second-order valence-electron chi connectivity index (χ2n) is 5.28. The van der Waals surface area contributed by atoms with Crippen LogP contribution in [0.15, 0.2) is 0 Å². The minimum Gasteiger partial charge on any atom is -0.370 e. The van der Waals surface area contributed by atoms with Crippen LogP contribution in [0.25, 0.3) is 0 Å². The van der Waals surface area contributed by atoms with E-state index < -0.39 is 0 Å². The van der Waals surface area contributed by atoms with Crippen molar-refractivity contribution in [2.24, 2.45) is 5.73 Å². The van der Waals surface area contributed by atoms with Crippen LogP contribution in [0.1, 0.15) is 32.1 Å². The zero-order valence-electron chi connectivity index (χ0n) is 9.56. The van der Waals surface area contributed by atoms with E-state index in [2.05, 4.69) is 4.90 Å². The first-order chi connectivity index (χ1) is 6.76. The maximum absolute atomic E-state index is 6.07. The van der Waals surface area contributed by atoms with E-state index in [1.165, 1.54) is 38.6 Å². The molecule has 3 rings (SSSR count). The van der Waals surface area contributed by atoms with Crippen LogP contribution in [-0.4, -0.2) is 42.3 Å². The van der Waals surface area contributed by atoms with Crippen molar-refractivity contribution in [2.45, 2.75) is 49.9 Å². The molecule has 0 aliphatic carbocycles. The lowest BCUT2D eigenvalue weighted by Gasteiger charge is -2.30. The van der Waals surface area contributed by atoms with Crippen molar-refractivity contribution in [3.8, 4) is 0 Å². The zero-order chi connectivity index (χ0) is 9.60. The topological polar surface area (TPSA) is 38.5 Å². The molecule has 3 aliphatic rings. The molecule has 0 amide bonds. The molecule has 2 N–H and O–H groups in total. The number of hydrogen-bond donors (Lipinski definition) is 1. The molecule has 0 saturated carbocycles. The molecule has 0 aromatic rings. The predicted molar refractivity (Wildman–Crippen MR) is 69.6 cm³/mol. The van der Waals surface area contributed by atoms with Crippen LogP contribution >= 0.6 is 24.8 Å². The van der Waals surface area contributed by atoms with Gasteiger partial charge in [0.25, 0.3) is 0 Å². The summed E-state index contributed by atoms with van der Waals surface area (Å²) < 4.78 is 6.07. The third-order valence-electron chi connectivity index (χ3n) is 4.08. The Bertz CT molecular complexity index is 232. The van der Waals surface area contributed by atoms with Gasteiger partial charge in [-0.2, -0.15) is 0 Å². The number of nitrogens with two attached hydrogens (primary N) is 1. The first kappa shape index (κ1) is 14.5. The van der Waals surface area contributed by atoms with Gasteiger partial charge in [-0.1, -0.05) is 0 Å². The van der Waals surface area contributed by atoms with E-state index >= 15 is 0 Å². The van der Waals surface area contributed by atoms with E-state index in [1.807, 2.05) is 0 Å². The standard InChI is InChI=1S/C11H20N2O.2ClH/c12-9-3-6-13(7-9)8-11-4-1-10(14-11)2-5-11;;/h9-10H,1-8,12H2;2*1H/t9-,10?,11?;;/m1../s1. The summed E-state index contributed by atoms with van der Waals surface area (Å²) in [4.78, 5) is 2.50. The van der Waals surface area contributed by atoms with Gasteiger partial charge in [-0.3, -0.25) is 4.90 Å². The van der Waals surface area contributed by atoms with Crippen molar-refractivity contribution in [2.75, 3.05) is 19.6 Å². The molecule has 3 nitrogen and oxygen atoms in total. The van der Waals surface area contributed by atoms with Gasteiger partial charge < -0.3 is 10.5 Å². The molecule has 0 unspecified atom stereocenters. The summed E-state index contributed by atoms with van der Waals surface area (Å²) >= 11 is 0. The summed E-state index contributed by atoms with van der Waals surface area (Å²) in [5.74, 6) is 0. The van der Waals surface area contributed by atoms with Crippen molar-refractivity contribution in [1.29, 1.82) is 0 Å². The van der Waals surface area contributed by atoms with Gasteiger partial charge in [-0.15, -0.1) is 24.8 Å². The van der Waals surface area contributed by atoms with E-state index in [9.17, 15) is 0 Å². The molecule has 0 aromatic heterocycles. The van der Waals surface area contributed by atoms with Crippen molar-refractivity contribution >= 4 is 24.8 Å². The van der Waals surface area contributed by atoms with Crippen molar-refractivity contribution in [3.05, 3.63) is 0 Å². The highest BCUT2D eigenvalue weighted by molar-refractivity contribution is 5.85. The molecule has 96 valence electrons. The fraction of sp³-hybridized carbons (Fsp3) is 1.00. The zero-order valence-corrected chi connectivity index (χ0v) is 11.2. The number of fused-ring (bicyclic) bond motifs is 2. The van der Waals surface area contributed by atoms with Gasteiger partial charge in [0.15, 0.2) is 0 Å². The first-order valence-electron chi connectivity index (χ1n) is 5.92. The third kappa shape index (κ3) is 2.65. The molecule has 1 atom stereocenters. The number of rotatable bonds is 2. The van der Waals surface area contributed by atoms with E-state index in [4.69, 9.17) is 10.5 Å². The largest absolute Gasteiger partial charge is 0.370 e. The summed E-state index contributed by atoms with van der Waals surface area (Å²) in [5, 5.41) is 0. The Morgan fingerprint density at radius 3 is 2.31 bits per heavy atom. The summed E-state index contributed by atoms with van der Waals surface area (Å²) in [6.45, 7) is 3.39. The molecule has 3 heterocycles. The number of hydrogen-bond acceptors (Lipinski definition) is 3. The Morgan fingerprint density at radius 1 is 1.19 bits per heavy atom. The second-order valence-corrected chi connectivity index (χ2v) is 5.28. The van der Waals surface area contributed by atoms with Crippen molar-refractivity contribution in [1.82, 2.24) is 4.90 Å². The Morgan fingerprint density at radius 2 is 1.88 bits per heavy atom. The van der Waals surface area contributed by atoms with E-state index in [-0.39, 0.29) is 30.4 Å². The van der Waals surface area contributed by atoms with Crippen LogP contribution < -0.4 is 5.73 Å². The van der Waals surface area contributed by atoms with Gasteiger partial charge in [0.2, 0.25) is 0 Å². The van der Waals surface area contributed by atoms with E-state index in [1.54, 1.807) is 0 Å². The minimum atomic E-state index is 0. The van der Waals surface area contributed by atoms with Crippen LogP contribution in [0.5, 0.6) is 0 Å². The van der Waals surface area contributed by atoms with E-state index in [0.717, 1.165) is 13.1 Å². The van der Waals surface area contributed by atoms with Gasteiger partial charge in [0, 0.05) is 19.1 Å². The molecular weight excluding hydrogens is 247 g/mol. The second kappa shape index (κ2) is 5.40. The Hall–Kier alpha value is 0.460. The molecule has 0 aromatic carbocycles. The molecular formula is C11H22Cl2N2O. The summed E-state index contributed by atoms with van der Waals surface area (Å²) in [6, 6.07) is 0.407. The van der Waals surface area contributed by atoms with Crippen LogP contribution in [0.3, 0.4) is 0 Å². The van der Waals surface area contributed by atoms with Crippen molar-refractivity contribution < 1.29 is 4.74 Å². The van der Waals surface area contributed by atoms with Gasteiger partial charge >= 0.3 is 0 Å². The molecule has 0 radical (unpaired) electrons. The van der Waals surface area contributed by atoms with Gasteiger partial charge in [-0.25, -0.2) is 0 Å². The molecule has 3 fully saturated rings. The maximum Gasteiger partial charge on any atom is 0.0814 e. The van der Waals surface area contributed by atoms with Gasteiger partial charge in [0.05, 0.1) is 11.7 Å². The number of nitrogens with zero attached hydrogens (tertiary/aromatic N) is 1. The summed E-state index contributed by atoms with van der Waals surface area (Å²) in [5.41, 5.74) is 6.14. The minimum absolute atomic E-state index is 0. The van der Waals surface area contributed by atoms with Crippen LogP contribution in [0.4, 0.5) is 0 Å². The van der Waals surface area contributed by atoms with Crippen molar-refractivity contribution in [3.63, 3.8) is 0 Å². The molecule has 2 bridgehead atoms. The third-order valence-corrected chi connectivity index (χ3v) is 4.08. The first-order valence-corrected chi connectivity index (χ1v) is 5.92. The van der Waals surface area contributed by atoms with Crippen LogP contribution in [-0.2, 0) is 4.74 Å². The lowest BCUT2D eigenvalue weighted by Crippen LogP contribution is -2.41. The monoisotopic (exact) mass is 268 g/mol. The lowest BCUT2D eigenvalue weighted by atomic mass is 9.88. The predicted octanol–water partition coefficient (Wildman–Crippen LogP) is 1.57. The molecule has 5 heteroatoms. The number of ether oxygens (including phenoxy) is 1. The number of halogens is 2. The summed E-state index contributed by atoms with van der Waals surface area (Å²) in [7, 11) is 0. The fourth-order valence-electron chi connectivity index (χ4n) is 3.32. The van der Waals surface area contributed by atoms with Gasteiger partial charge in [0.1, 0.15) is 0 Å². The SMILES string of the molecule is Cl.Cl.N[C@@H]1CCN(CC23CCC(CC2)O3)C1. The quantitative estimate of drug-likeness (QED) is 0.827. The smallest absolute Gasteiger partial charge is 0.0814 e. The van der Waals surface area contributed by atoms with Crippen LogP contribution in [0.2, 0.25) is 0 Å². The normalized spacial score (nSPS) is 41.8. The molecule has 3 aliphatic heterocycles. The summed E-state index contributed by atoms with van der Waals surface area (Å²) in [6.07, 6.45) is 6.90.